The van der Waals surface area contributed by atoms with Gasteiger partial charge in [-0.25, -0.2) is 4.79 Å². The molecule has 0 aromatic carbocycles. The van der Waals surface area contributed by atoms with Crippen LogP contribution in [0.2, 0.25) is 0 Å². The maximum Gasteiger partial charge on any atom is 0.321 e. The van der Waals surface area contributed by atoms with Crippen LogP contribution in [0.25, 0.3) is 0 Å². The van der Waals surface area contributed by atoms with Crippen LogP contribution < -0.4 is 0 Å². The third-order valence-electron chi connectivity index (χ3n) is 1.88. The molecule has 72 valence electrons. The van der Waals surface area contributed by atoms with Gasteiger partial charge >= 0.3 is 5.97 Å². The summed E-state index contributed by atoms with van der Waals surface area (Å²) in [5.74, 6) is -0.867. The van der Waals surface area contributed by atoms with E-state index in [-0.39, 0.29) is 6.29 Å². The van der Waals surface area contributed by atoms with Crippen LogP contribution in [0.5, 0.6) is 0 Å². The molecule has 0 aromatic heterocycles. The molecule has 0 bridgehead atoms. The zero-order valence-electron chi connectivity index (χ0n) is 7.66. The van der Waals surface area contributed by atoms with E-state index < -0.39 is 5.97 Å². The highest BCUT2D eigenvalue weighted by molar-refractivity contribution is 6.34. The maximum absolute atomic E-state index is 10.4. The Morgan fingerprint density at radius 2 is 2.15 bits per heavy atom. The second-order valence-electron chi connectivity index (χ2n) is 2.94. The number of allylic oxidation sites excluding steroid dienone is 1. The lowest BCUT2D eigenvalue weighted by Gasteiger charge is -2.05. The Labute approximate surface area is 77.9 Å². The van der Waals surface area contributed by atoms with Gasteiger partial charge in [0.15, 0.2) is 6.29 Å². The molecular weight excluding hydrogens is 171 g/mol. The Kier molecular flexibility index (Phi) is 3.98. The fraction of sp³-hybridized carbons (Fsp3) is 0.625. The van der Waals surface area contributed by atoms with Crippen molar-refractivity contribution in [3.05, 3.63) is 11.5 Å². The first-order valence-corrected chi connectivity index (χ1v) is 4.33. The van der Waals surface area contributed by atoms with Gasteiger partial charge in [-0.3, -0.25) is 0 Å². The summed E-state index contributed by atoms with van der Waals surface area (Å²) in [5.41, 5.74) is 0.373. The van der Waals surface area contributed by atoms with Gasteiger partial charge in [-0.15, -0.1) is 0 Å². The molecule has 0 radical (unpaired) electrons. The SMILES string of the molecule is B/C(=C/CCC1OCCO1)C(=O)O. The van der Waals surface area contributed by atoms with Gasteiger partial charge in [-0.05, 0) is 11.9 Å². The van der Waals surface area contributed by atoms with Crippen molar-refractivity contribution in [1.29, 1.82) is 0 Å². The Hall–Kier alpha value is -0.805. The van der Waals surface area contributed by atoms with Crippen LogP contribution in [0.1, 0.15) is 12.8 Å². The summed E-state index contributed by atoms with van der Waals surface area (Å²) >= 11 is 0. The number of aliphatic carboxylic acids is 1. The highest BCUT2D eigenvalue weighted by atomic mass is 16.7. The average Bonchev–Trinajstić information content (AvgIpc) is 2.56. The monoisotopic (exact) mass is 184 g/mol. The summed E-state index contributed by atoms with van der Waals surface area (Å²) in [6.07, 6.45) is 2.96. The Bertz CT molecular complexity index is 208. The van der Waals surface area contributed by atoms with Crippen LogP contribution in [0.15, 0.2) is 11.5 Å². The number of hydrogen-bond donors (Lipinski definition) is 1. The molecule has 0 unspecified atom stereocenters. The van der Waals surface area contributed by atoms with Crippen LogP contribution in [0.3, 0.4) is 0 Å². The highest BCUT2D eigenvalue weighted by Gasteiger charge is 2.14. The van der Waals surface area contributed by atoms with E-state index >= 15 is 0 Å². The number of ether oxygens (including phenoxy) is 2. The van der Waals surface area contributed by atoms with Crippen LogP contribution in [-0.2, 0) is 14.3 Å². The minimum Gasteiger partial charge on any atom is -0.478 e. The third kappa shape index (κ3) is 3.61. The van der Waals surface area contributed by atoms with Crippen molar-refractivity contribution in [2.75, 3.05) is 13.2 Å². The minimum atomic E-state index is -0.867. The zero-order chi connectivity index (χ0) is 9.68. The molecular formula is C8H13BO4. The van der Waals surface area contributed by atoms with Gasteiger partial charge < -0.3 is 14.6 Å². The normalized spacial score (nSPS) is 19.2. The smallest absolute Gasteiger partial charge is 0.321 e. The molecule has 1 saturated heterocycles. The van der Waals surface area contributed by atoms with Crippen molar-refractivity contribution in [1.82, 2.24) is 0 Å². The van der Waals surface area contributed by atoms with E-state index in [1.165, 1.54) is 0 Å². The highest BCUT2D eigenvalue weighted by Crippen LogP contribution is 2.10. The van der Waals surface area contributed by atoms with Gasteiger partial charge in [0.25, 0.3) is 0 Å². The van der Waals surface area contributed by atoms with E-state index in [0.717, 1.165) is 6.42 Å². The third-order valence-corrected chi connectivity index (χ3v) is 1.88. The minimum absolute atomic E-state index is 0.141. The maximum atomic E-state index is 10.4. The molecule has 1 aliphatic rings. The van der Waals surface area contributed by atoms with Gasteiger partial charge in [-0.1, -0.05) is 6.08 Å². The molecule has 0 aromatic rings. The van der Waals surface area contributed by atoms with E-state index in [9.17, 15) is 4.79 Å². The van der Waals surface area contributed by atoms with Crippen molar-refractivity contribution >= 4 is 13.8 Å². The van der Waals surface area contributed by atoms with Crippen molar-refractivity contribution in [3.63, 3.8) is 0 Å². The fourth-order valence-corrected chi connectivity index (χ4v) is 1.10. The number of rotatable bonds is 4. The molecule has 1 aliphatic heterocycles. The number of carbonyl (C=O) groups is 1. The van der Waals surface area contributed by atoms with Gasteiger partial charge in [0, 0.05) is 6.42 Å². The largest absolute Gasteiger partial charge is 0.478 e. The molecule has 0 amide bonds. The molecule has 1 heterocycles. The van der Waals surface area contributed by atoms with E-state index in [4.69, 9.17) is 14.6 Å². The number of carboxylic acids is 1. The molecule has 0 spiro atoms. The first-order valence-electron chi connectivity index (χ1n) is 4.33. The molecule has 1 fully saturated rings. The Morgan fingerprint density at radius 3 is 2.69 bits per heavy atom. The molecule has 1 rings (SSSR count). The summed E-state index contributed by atoms with van der Waals surface area (Å²) in [6, 6.07) is 0. The zero-order valence-corrected chi connectivity index (χ0v) is 7.66. The standard InChI is InChI=1S/C8H13BO4/c9-6(8(10)11)2-1-3-7-12-4-5-13-7/h2,7H,1,3-5,9H2,(H,10,11)/b6-2+. The summed E-state index contributed by atoms with van der Waals surface area (Å²) in [6.45, 7) is 1.29. The molecule has 13 heavy (non-hydrogen) atoms. The molecule has 0 atom stereocenters. The number of hydrogen-bond acceptors (Lipinski definition) is 3. The first-order chi connectivity index (χ1) is 6.20. The second kappa shape index (κ2) is 5.04. The molecule has 5 heteroatoms. The predicted octanol–water partition coefficient (Wildman–Crippen LogP) is -0.259. The van der Waals surface area contributed by atoms with Crippen molar-refractivity contribution in [3.8, 4) is 0 Å². The summed E-state index contributed by atoms with van der Waals surface area (Å²) in [7, 11) is 1.58. The van der Waals surface area contributed by atoms with E-state index in [1.807, 2.05) is 0 Å². The Morgan fingerprint density at radius 1 is 1.54 bits per heavy atom. The first kappa shape index (κ1) is 10.3. The van der Waals surface area contributed by atoms with Gasteiger partial charge in [0.1, 0.15) is 7.85 Å². The molecule has 1 N–H and O–H groups in total. The van der Waals surface area contributed by atoms with Gasteiger partial charge in [0.05, 0.1) is 13.2 Å². The lowest BCUT2D eigenvalue weighted by atomic mass is 9.94. The summed E-state index contributed by atoms with van der Waals surface area (Å²) in [4.78, 5) is 10.4. The molecule has 4 nitrogen and oxygen atoms in total. The predicted molar refractivity (Wildman–Crippen MR) is 49.2 cm³/mol. The number of carboxylic acid groups (broad SMARTS) is 1. The van der Waals surface area contributed by atoms with Crippen LogP contribution in [0, 0.1) is 0 Å². The van der Waals surface area contributed by atoms with Crippen LogP contribution in [-0.4, -0.2) is 38.4 Å². The van der Waals surface area contributed by atoms with Gasteiger partial charge in [0.2, 0.25) is 0 Å². The summed E-state index contributed by atoms with van der Waals surface area (Å²) in [5, 5.41) is 8.54. The van der Waals surface area contributed by atoms with Crippen LogP contribution >= 0.6 is 0 Å². The van der Waals surface area contributed by atoms with Crippen LogP contribution in [0.4, 0.5) is 0 Å². The van der Waals surface area contributed by atoms with E-state index in [2.05, 4.69) is 0 Å². The topological polar surface area (TPSA) is 55.8 Å². The van der Waals surface area contributed by atoms with Crippen molar-refractivity contribution in [2.45, 2.75) is 19.1 Å². The fourth-order valence-electron chi connectivity index (χ4n) is 1.10. The van der Waals surface area contributed by atoms with E-state index in [1.54, 1.807) is 13.9 Å². The lowest BCUT2D eigenvalue weighted by Crippen LogP contribution is -2.07. The second-order valence-corrected chi connectivity index (χ2v) is 2.94. The van der Waals surface area contributed by atoms with Gasteiger partial charge in [-0.2, -0.15) is 0 Å². The lowest BCUT2D eigenvalue weighted by molar-refractivity contribution is -0.131. The van der Waals surface area contributed by atoms with E-state index in [0.29, 0.717) is 25.1 Å². The van der Waals surface area contributed by atoms with Crippen molar-refractivity contribution < 1.29 is 19.4 Å². The average molecular weight is 184 g/mol. The molecule has 0 saturated carbocycles. The summed E-state index contributed by atoms with van der Waals surface area (Å²) < 4.78 is 10.4. The molecule has 0 aliphatic carbocycles. The Balaban J connectivity index is 2.18. The van der Waals surface area contributed by atoms with Crippen molar-refractivity contribution in [2.24, 2.45) is 0 Å². The quantitative estimate of drug-likeness (QED) is 0.483.